The minimum atomic E-state index is -0.248. The number of rotatable bonds is 4. The highest BCUT2D eigenvalue weighted by atomic mass is 35.5. The van der Waals surface area contributed by atoms with Crippen LogP contribution < -0.4 is 5.32 Å². The van der Waals surface area contributed by atoms with E-state index < -0.39 is 0 Å². The van der Waals surface area contributed by atoms with Crippen LogP contribution in [-0.2, 0) is 4.79 Å². The third-order valence-corrected chi connectivity index (χ3v) is 6.50. The number of hydrogen-bond donors (Lipinski definition) is 1. The van der Waals surface area contributed by atoms with E-state index in [-0.39, 0.29) is 17.2 Å². The Morgan fingerprint density at radius 1 is 1.00 bits per heavy atom. The molecule has 0 bridgehead atoms. The molecule has 1 aliphatic rings. The Labute approximate surface area is 185 Å². The number of nitrogens with one attached hydrogen (secondary N) is 1. The highest BCUT2D eigenvalue weighted by Gasteiger charge is 2.26. The van der Waals surface area contributed by atoms with E-state index in [9.17, 15) is 9.59 Å². The predicted octanol–water partition coefficient (Wildman–Crippen LogP) is 5.24. The number of benzene rings is 2. The van der Waals surface area contributed by atoms with Gasteiger partial charge in [0.05, 0.1) is 10.3 Å². The SMILES string of the molecule is C[C@@H](Sc1ccccc1Cl)C(=O)N1CCCN(C(=O)Nc2cccc(Cl)c2)CC1. The minimum absolute atomic E-state index is 0.0621. The lowest BCUT2D eigenvalue weighted by Crippen LogP contribution is -2.41. The Kier molecular flexibility index (Phi) is 7.70. The molecule has 2 aromatic carbocycles. The molecule has 3 amide bonds. The fourth-order valence-corrected chi connectivity index (χ4v) is 4.58. The van der Waals surface area contributed by atoms with E-state index in [2.05, 4.69) is 5.32 Å². The Balaban J connectivity index is 1.55. The summed E-state index contributed by atoms with van der Waals surface area (Å²) in [6.45, 7) is 4.12. The molecule has 0 aliphatic carbocycles. The smallest absolute Gasteiger partial charge is 0.321 e. The topological polar surface area (TPSA) is 52.7 Å². The molecule has 8 heteroatoms. The first-order valence-corrected chi connectivity index (χ1v) is 11.1. The first kappa shape index (κ1) is 21.8. The van der Waals surface area contributed by atoms with Crippen LogP contribution in [0.25, 0.3) is 0 Å². The lowest BCUT2D eigenvalue weighted by Gasteiger charge is -2.25. The summed E-state index contributed by atoms with van der Waals surface area (Å²) >= 11 is 13.6. The number of hydrogen-bond acceptors (Lipinski definition) is 3. The molecule has 29 heavy (non-hydrogen) atoms. The Bertz CT molecular complexity index is 881. The molecule has 1 aliphatic heterocycles. The second-order valence-corrected chi connectivity index (χ2v) is 9.02. The van der Waals surface area contributed by atoms with E-state index >= 15 is 0 Å². The highest BCUT2D eigenvalue weighted by Crippen LogP contribution is 2.31. The van der Waals surface area contributed by atoms with Crippen LogP contribution in [0.2, 0.25) is 10.0 Å². The summed E-state index contributed by atoms with van der Waals surface area (Å²) < 4.78 is 0. The van der Waals surface area contributed by atoms with Gasteiger partial charge in [-0.1, -0.05) is 41.4 Å². The summed E-state index contributed by atoms with van der Waals surface area (Å²) in [4.78, 5) is 29.9. The second-order valence-electron chi connectivity index (χ2n) is 6.80. The van der Waals surface area contributed by atoms with Crippen molar-refractivity contribution < 1.29 is 9.59 Å². The number of carbonyl (C=O) groups is 2. The normalized spacial score (nSPS) is 15.6. The molecule has 0 saturated carbocycles. The molecular weight excluding hydrogens is 429 g/mol. The molecule has 0 spiro atoms. The number of nitrogens with zero attached hydrogens (tertiary/aromatic N) is 2. The van der Waals surface area contributed by atoms with Crippen LogP contribution >= 0.6 is 35.0 Å². The van der Waals surface area contributed by atoms with Gasteiger partial charge in [-0.15, -0.1) is 11.8 Å². The van der Waals surface area contributed by atoms with E-state index in [1.165, 1.54) is 11.8 Å². The van der Waals surface area contributed by atoms with E-state index in [1.807, 2.05) is 36.1 Å². The van der Waals surface area contributed by atoms with Crippen molar-refractivity contribution in [2.75, 3.05) is 31.5 Å². The second kappa shape index (κ2) is 10.2. The van der Waals surface area contributed by atoms with Crippen molar-refractivity contribution in [2.45, 2.75) is 23.5 Å². The molecule has 1 fully saturated rings. The van der Waals surface area contributed by atoms with Crippen molar-refractivity contribution in [1.82, 2.24) is 9.80 Å². The molecule has 0 aromatic heterocycles. The van der Waals surface area contributed by atoms with Gasteiger partial charge in [0, 0.05) is 41.8 Å². The maximum absolute atomic E-state index is 12.9. The zero-order valence-electron chi connectivity index (χ0n) is 16.1. The summed E-state index contributed by atoms with van der Waals surface area (Å²) in [6.07, 6.45) is 0.734. The number of urea groups is 1. The van der Waals surface area contributed by atoms with Crippen molar-refractivity contribution in [3.63, 3.8) is 0 Å². The average Bonchev–Trinajstić information content (AvgIpc) is 2.95. The van der Waals surface area contributed by atoms with Gasteiger partial charge in [-0.3, -0.25) is 4.79 Å². The Hall–Kier alpha value is -1.89. The maximum atomic E-state index is 12.9. The molecule has 0 unspecified atom stereocenters. The first-order chi connectivity index (χ1) is 13.9. The number of amides is 3. The fourth-order valence-electron chi connectivity index (χ4n) is 3.15. The number of anilines is 1. The Morgan fingerprint density at radius 2 is 1.72 bits per heavy atom. The fraction of sp³-hybridized carbons (Fsp3) is 0.333. The minimum Gasteiger partial charge on any atom is -0.340 e. The third-order valence-electron chi connectivity index (χ3n) is 4.66. The Morgan fingerprint density at radius 3 is 2.48 bits per heavy atom. The number of halogens is 2. The van der Waals surface area contributed by atoms with Gasteiger partial charge in [0.25, 0.3) is 0 Å². The van der Waals surface area contributed by atoms with Gasteiger partial charge in [0.2, 0.25) is 5.91 Å². The monoisotopic (exact) mass is 451 g/mol. The van der Waals surface area contributed by atoms with E-state index in [1.54, 1.807) is 29.2 Å². The molecule has 1 N–H and O–H groups in total. The molecule has 5 nitrogen and oxygen atoms in total. The van der Waals surface area contributed by atoms with Crippen LogP contribution in [0.1, 0.15) is 13.3 Å². The van der Waals surface area contributed by atoms with Gasteiger partial charge in [-0.2, -0.15) is 0 Å². The molecule has 3 rings (SSSR count). The average molecular weight is 452 g/mol. The van der Waals surface area contributed by atoms with Gasteiger partial charge in [-0.25, -0.2) is 4.79 Å². The van der Waals surface area contributed by atoms with Gasteiger partial charge in [0.15, 0.2) is 0 Å². The highest BCUT2D eigenvalue weighted by molar-refractivity contribution is 8.00. The summed E-state index contributed by atoms with van der Waals surface area (Å²) in [6, 6.07) is 14.4. The van der Waals surface area contributed by atoms with Crippen LogP contribution in [0, 0.1) is 0 Å². The van der Waals surface area contributed by atoms with Crippen LogP contribution in [0.3, 0.4) is 0 Å². The zero-order valence-corrected chi connectivity index (χ0v) is 18.4. The van der Waals surface area contributed by atoms with Crippen molar-refractivity contribution in [3.05, 3.63) is 58.6 Å². The van der Waals surface area contributed by atoms with Crippen molar-refractivity contribution in [2.24, 2.45) is 0 Å². The predicted molar refractivity (Wildman–Crippen MR) is 120 cm³/mol. The molecule has 0 radical (unpaired) electrons. The van der Waals surface area contributed by atoms with E-state index in [0.29, 0.717) is 41.9 Å². The maximum Gasteiger partial charge on any atom is 0.321 e. The molecule has 2 aromatic rings. The lowest BCUT2D eigenvalue weighted by atomic mass is 10.3. The molecular formula is C21H23Cl2N3O2S. The summed E-state index contributed by atoms with van der Waals surface area (Å²) in [5, 5.41) is 3.84. The molecule has 154 valence electrons. The largest absolute Gasteiger partial charge is 0.340 e. The lowest BCUT2D eigenvalue weighted by molar-refractivity contribution is -0.130. The van der Waals surface area contributed by atoms with Gasteiger partial charge >= 0.3 is 6.03 Å². The van der Waals surface area contributed by atoms with Crippen molar-refractivity contribution in [3.8, 4) is 0 Å². The number of thioether (sulfide) groups is 1. The summed E-state index contributed by atoms with van der Waals surface area (Å²) in [5.41, 5.74) is 0.657. The van der Waals surface area contributed by atoms with Crippen LogP contribution in [0.5, 0.6) is 0 Å². The molecule has 1 saturated heterocycles. The standard InChI is InChI=1S/C21H23Cl2N3O2S/c1-15(29-19-9-3-2-8-18(19)23)20(27)25-10-5-11-26(13-12-25)21(28)24-17-7-4-6-16(22)14-17/h2-4,6-9,14-15H,5,10-13H2,1H3,(H,24,28)/t15-/m1/s1. The van der Waals surface area contributed by atoms with Gasteiger partial charge in [0.1, 0.15) is 0 Å². The first-order valence-electron chi connectivity index (χ1n) is 9.45. The van der Waals surface area contributed by atoms with Crippen LogP contribution in [0.4, 0.5) is 10.5 Å². The van der Waals surface area contributed by atoms with Crippen molar-refractivity contribution >= 4 is 52.6 Å². The summed E-state index contributed by atoms with van der Waals surface area (Å²) in [5.74, 6) is 0.0621. The van der Waals surface area contributed by atoms with E-state index in [4.69, 9.17) is 23.2 Å². The van der Waals surface area contributed by atoms with E-state index in [0.717, 1.165) is 11.3 Å². The van der Waals surface area contributed by atoms with Crippen molar-refractivity contribution in [1.29, 1.82) is 0 Å². The van der Waals surface area contributed by atoms with Gasteiger partial charge in [-0.05, 0) is 43.7 Å². The van der Waals surface area contributed by atoms with Crippen LogP contribution in [0.15, 0.2) is 53.4 Å². The summed E-state index contributed by atoms with van der Waals surface area (Å²) in [7, 11) is 0. The van der Waals surface area contributed by atoms with Gasteiger partial charge < -0.3 is 15.1 Å². The van der Waals surface area contributed by atoms with Crippen LogP contribution in [-0.4, -0.2) is 53.2 Å². The third kappa shape index (κ3) is 6.04. The molecule has 1 heterocycles. The quantitative estimate of drug-likeness (QED) is 0.646. The zero-order chi connectivity index (χ0) is 20.8. The number of carbonyl (C=O) groups excluding carboxylic acids is 2. The molecule has 1 atom stereocenters.